The van der Waals surface area contributed by atoms with E-state index in [4.69, 9.17) is 0 Å². The third kappa shape index (κ3) is 3.28. The van der Waals surface area contributed by atoms with Crippen LogP contribution in [0.1, 0.15) is 46.0 Å². The van der Waals surface area contributed by atoms with Crippen molar-refractivity contribution >= 4 is 0 Å². The van der Waals surface area contributed by atoms with Crippen molar-refractivity contribution in [2.45, 2.75) is 58.1 Å². The molecule has 2 heteroatoms. The maximum Gasteiger partial charge on any atom is 0.0682 e. The van der Waals surface area contributed by atoms with E-state index in [1.807, 2.05) is 0 Å². The number of unbranched alkanes of at least 4 members (excludes halogenated alkanes) is 1. The molecule has 0 saturated carbocycles. The van der Waals surface area contributed by atoms with E-state index < -0.39 is 0 Å². The molecule has 0 aromatic heterocycles. The predicted molar refractivity (Wildman–Crippen MR) is 55.8 cm³/mol. The van der Waals surface area contributed by atoms with E-state index in [1.54, 1.807) is 0 Å². The molecule has 0 spiro atoms. The van der Waals surface area contributed by atoms with Gasteiger partial charge in [0.2, 0.25) is 0 Å². The molecule has 0 aromatic carbocycles. The predicted octanol–water partition coefficient (Wildman–Crippen LogP) is 2.02. The number of nitrogens with zero attached hydrogens (tertiary/aromatic N) is 1. The van der Waals surface area contributed by atoms with Gasteiger partial charge in [-0.15, -0.1) is 0 Å². The molecule has 1 aliphatic rings. The summed E-state index contributed by atoms with van der Waals surface area (Å²) in [5, 5.41) is 9.55. The molecule has 0 aliphatic carbocycles. The van der Waals surface area contributed by atoms with Gasteiger partial charge in [0.05, 0.1) is 6.10 Å². The van der Waals surface area contributed by atoms with Gasteiger partial charge < -0.3 is 5.11 Å². The summed E-state index contributed by atoms with van der Waals surface area (Å²) in [6.45, 7) is 6.53. The molecule has 2 atom stereocenters. The van der Waals surface area contributed by atoms with Gasteiger partial charge in [-0.25, -0.2) is 0 Å². The fourth-order valence-corrected chi connectivity index (χ4v) is 2.23. The van der Waals surface area contributed by atoms with E-state index >= 15 is 0 Å². The van der Waals surface area contributed by atoms with Crippen molar-refractivity contribution in [3.63, 3.8) is 0 Å². The maximum absolute atomic E-state index is 9.55. The quantitative estimate of drug-likeness (QED) is 0.708. The lowest BCUT2D eigenvalue weighted by Gasteiger charge is -2.23. The van der Waals surface area contributed by atoms with Crippen molar-refractivity contribution in [1.82, 2.24) is 4.90 Å². The number of rotatable bonds is 5. The van der Waals surface area contributed by atoms with Crippen LogP contribution >= 0.6 is 0 Å². The van der Waals surface area contributed by atoms with Crippen LogP contribution in [0.3, 0.4) is 0 Å². The van der Waals surface area contributed by atoms with Crippen LogP contribution in [0, 0.1) is 0 Å². The lowest BCUT2D eigenvalue weighted by atomic mass is 10.1. The van der Waals surface area contributed by atoms with Crippen LogP contribution < -0.4 is 0 Å². The average molecular weight is 185 g/mol. The second kappa shape index (κ2) is 5.61. The summed E-state index contributed by atoms with van der Waals surface area (Å²) in [7, 11) is 0. The second-order valence-corrected chi connectivity index (χ2v) is 4.18. The first kappa shape index (κ1) is 11.0. The molecule has 1 fully saturated rings. The summed E-state index contributed by atoms with van der Waals surface area (Å²) in [5.74, 6) is 0. The van der Waals surface area contributed by atoms with Gasteiger partial charge in [-0.2, -0.15) is 0 Å². The SMILES string of the molecule is CCCCN1CC(O)CC1CCC. The third-order valence-corrected chi connectivity index (χ3v) is 2.93. The topological polar surface area (TPSA) is 23.5 Å². The Hall–Kier alpha value is -0.0800. The summed E-state index contributed by atoms with van der Waals surface area (Å²) < 4.78 is 0. The van der Waals surface area contributed by atoms with Gasteiger partial charge >= 0.3 is 0 Å². The molecule has 1 rings (SSSR count). The number of hydrogen-bond acceptors (Lipinski definition) is 2. The van der Waals surface area contributed by atoms with E-state index in [-0.39, 0.29) is 6.10 Å². The molecule has 0 radical (unpaired) electrons. The number of β-amino-alcohol motifs (C(OH)–C–C–N with tert-alkyl or cyclic N) is 1. The van der Waals surface area contributed by atoms with Gasteiger partial charge in [-0.1, -0.05) is 26.7 Å². The molecule has 13 heavy (non-hydrogen) atoms. The standard InChI is InChI=1S/C11H23NO/c1-3-5-7-12-9-11(13)8-10(12)6-4-2/h10-11,13H,3-9H2,1-2H3. The maximum atomic E-state index is 9.55. The van der Waals surface area contributed by atoms with E-state index in [1.165, 1.54) is 32.2 Å². The number of aliphatic hydroxyl groups is 1. The summed E-state index contributed by atoms with van der Waals surface area (Å²) >= 11 is 0. The zero-order valence-electron chi connectivity index (χ0n) is 9.00. The first-order valence-electron chi connectivity index (χ1n) is 5.70. The van der Waals surface area contributed by atoms with Crippen molar-refractivity contribution in [2.24, 2.45) is 0 Å². The van der Waals surface area contributed by atoms with Crippen molar-refractivity contribution in [1.29, 1.82) is 0 Å². The fourth-order valence-electron chi connectivity index (χ4n) is 2.23. The molecule has 2 nitrogen and oxygen atoms in total. The van der Waals surface area contributed by atoms with Crippen molar-refractivity contribution in [2.75, 3.05) is 13.1 Å². The Morgan fingerprint density at radius 3 is 2.69 bits per heavy atom. The fraction of sp³-hybridized carbons (Fsp3) is 1.00. The van der Waals surface area contributed by atoms with Gasteiger partial charge in [0.15, 0.2) is 0 Å². The Morgan fingerprint density at radius 2 is 2.08 bits per heavy atom. The Morgan fingerprint density at radius 1 is 1.31 bits per heavy atom. The van der Waals surface area contributed by atoms with Gasteiger partial charge in [0.1, 0.15) is 0 Å². The molecular weight excluding hydrogens is 162 g/mol. The normalized spacial score (nSPS) is 29.8. The highest BCUT2D eigenvalue weighted by molar-refractivity contribution is 4.84. The van der Waals surface area contributed by atoms with Gasteiger partial charge in [-0.05, 0) is 25.8 Å². The minimum absolute atomic E-state index is 0.0617. The first-order chi connectivity index (χ1) is 6.27. The van der Waals surface area contributed by atoms with Gasteiger partial charge in [0, 0.05) is 12.6 Å². The molecule has 1 heterocycles. The Bertz CT molecular complexity index is 138. The summed E-state index contributed by atoms with van der Waals surface area (Å²) in [4.78, 5) is 2.47. The van der Waals surface area contributed by atoms with E-state index in [0.29, 0.717) is 6.04 Å². The monoisotopic (exact) mass is 185 g/mol. The van der Waals surface area contributed by atoms with Crippen LogP contribution in [0.2, 0.25) is 0 Å². The molecule has 2 unspecified atom stereocenters. The Kier molecular flexibility index (Phi) is 4.74. The van der Waals surface area contributed by atoms with Crippen LogP contribution in [-0.2, 0) is 0 Å². The lowest BCUT2D eigenvalue weighted by Crippen LogP contribution is -2.30. The molecule has 0 aromatic rings. The number of aliphatic hydroxyl groups excluding tert-OH is 1. The zero-order valence-corrected chi connectivity index (χ0v) is 9.00. The van der Waals surface area contributed by atoms with E-state index in [9.17, 15) is 5.11 Å². The minimum Gasteiger partial charge on any atom is -0.392 e. The molecule has 0 bridgehead atoms. The highest BCUT2D eigenvalue weighted by Crippen LogP contribution is 2.21. The average Bonchev–Trinajstić information content (AvgIpc) is 2.44. The smallest absolute Gasteiger partial charge is 0.0682 e. The van der Waals surface area contributed by atoms with Gasteiger partial charge in [0.25, 0.3) is 0 Å². The van der Waals surface area contributed by atoms with Crippen LogP contribution in [-0.4, -0.2) is 35.2 Å². The number of likely N-dealkylation sites (tertiary alicyclic amines) is 1. The summed E-state index contributed by atoms with van der Waals surface area (Å²) in [5.41, 5.74) is 0. The molecule has 1 aliphatic heterocycles. The van der Waals surface area contributed by atoms with Crippen LogP contribution in [0.15, 0.2) is 0 Å². The second-order valence-electron chi connectivity index (χ2n) is 4.18. The molecule has 1 saturated heterocycles. The van der Waals surface area contributed by atoms with Crippen LogP contribution in [0.5, 0.6) is 0 Å². The van der Waals surface area contributed by atoms with Crippen LogP contribution in [0.25, 0.3) is 0 Å². The molecular formula is C11H23NO. The highest BCUT2D eigenvalue weighted by atomic mass is 16.3. The summed E-state index contributed by atoms with van der Waals surface area (Å²) in [6, 6.07) is 0.659. The Balaban J connectivity index is 2.31. The van der Waals surface area contributed by atoms with Crippen LogP contribution in [0.4, 0.5) is 0 Å². The Labute approximate surface area is 81.9 Å². The van der Waals surface area contributed by atoms with Gasteiger partial charge in [-0.3, -0.25) is 4.90 Å². The van der Waals surface area contributed by atoms with E-state index in [0.717, 1.165) is 13.0 Å². The van der Waals surface area contributed by atoms with E-state index in [2.05, 4.69) is 18.7 Å². The van der Waals surface area contributed by atoms with Crippen molar-refractivity contribution in [3.05, 3.63) is 0 Å². The highest BCUT2D eigenvalue weighted by Gasteiger charge is 2.29. The van der Waals surface area contributed by atoms with Crippen molar-refractivity contribution in [3.8, 4) is 0 Å². The zero-order chi connectivity index (χ0) is 9.68. The third-order valence-electron chi connectivity index (χ3n) is 2.93. The first-order valence-corrected chi connectivity index (χ1v) is 5.70. The molecule has 0 amide bonds. The molecule has 78 valence electrons. The number of hydrogen-bond donors (Lipinski definition) is 1. The minimum atomic E-state index is -0.0617. The van der Waals surface area contributed by atoms with Crippen molar-refractivity contribution < 1.29 is 5.11 Å². The lowest BCUT2D eigenvalue weighted by molar-refractivity contribution is 0.174. The molecule has 1 N–H and O–H groups in total. The summed E-state index contributed by atoms with van der Waals surface area (Å²) in [6.07, 6.45) is 5.95. The largest absolute Gasteiger partial charge is 0.392 e.